The van der Waals surface area contributed by atoms with E-state index in [1.54, 1.807) is 17.0 Å². The molecule has 4 N–H and O–H groups in total. The number of aromatic nitrogens is 2. The lowest BCUT2D eigenvalue weighted by Crippen LogP contribution is -2.26. The van der Waals surface area contributed by atoms with Crippen LogP contribution in [0.15, 0.2) is 60.4 Å². The van der Waals surface area contributed by atoms with Crippen LogP contribution in [-0.4, -0.2) is 32.6 Å². The smallest absolute Gasteiger partial charge is 0.145 e. The van der Waals surface area contributed by atoms with E-state index in [2.05, 4.69) is 9.97 Å². The van der Waals surface area contributed by atoms with Gasteiger partial charge < -0.3 is 20.1 Å². The third kappa shape index (κ3) is 2.35. The number of aromatic hydroxyl groups is 1. The van der Waals surface area contributed by atoms with Gasteiger partial charge in [-0.2, -0.15) is 0 Å². The van der Waals surface area contributed by atoms with E-state index in [1.807, 2.05) is 49.4 Å². The predicted molar refractivity (Wildman–Crippen MR) is 111 cm³/mol. The number of rotatable bonds is 2. The summed E-state index contributed by atoms with van der Waals surface area (Å²) in [6, 6.07) is 16.8. The number of aromatic amines is 1. The molecule has 0 spiro atoms. The van der Waals surface area contributed by atoms with Gasteiger partial charge in [-0.1, -0.05) is 30.3 Å². The highest BCUT2D eigenvalue weighted by Crippen LogP contribution is 2.37. The molecule has 4 aromatic rings. The molecule has 1 aliphatic heterocycles. The number of aryl methyl sites for hydroxylation is 1. The summed E-state index contributed by atoms with van der Waals surface area (Å²) in [6.45, 7) is 2.19. The summed E-state index contributed by atoms with van der Waals surface area (Å²) in [5.74, 6) is 0.936. The molecular formula is C22H18N4O2. The normalized spacial score (nSPS) is 14.6. The van der Waals surface area contributed by atoms with Gasteiger partial charge in [-0.25, -0.2) is 4.98 Å². The second-order valence-electron chi connectivity index (χ2n) is 7.01. The number of hydrogen-bond acceptors (Lipinski definition) is 4. The standard InChI is InChI=1S/C22H18N4O2/c1-12-8-9-15-16(10-12)25-22(24-15)20-19(28)11-26(21(20)23)17-6-2-5-14-13(17)4-3-7-18(14)27/h2-10,23,27-28H,11H2,1H3,(H,24,25). The summed E-state index contributed by atoms with van der Waals surface area (Å²) in [7, 11) is 0. The molecule has 0 radical (unpaired) electrons. The van der Waals surface area contributed by atoms with Crippen LogP contribution < -0.4 is 4.90 Å². The maximum Gasteiger partial charge on any atom is 0.145 e. The van der Waals surface area contributed by atoms with Crippen LogP contribution in [0.5, 0.6) is 5.75 Å². The number of phenolic OH excluding ortho intramolecular Hbond substituents is 1. The molecule has 1 aliphatic rings. The first-order valence-corrected chi connectivity index (χ1v) is 8.99. The molecule has 0 fully saturated rings. The van der Waals surface area contributed by atoms with Crippen molar-refractivity contribution in [3.63, 3.8) is 0 Å². The molecule has 28 heavy (non-hydrogen) atoms. The van der Waals surface area contributed by atoms with Gasteiger partial charge in [0.05, 0.1) is 28.8 Å². The summed E-state index contributed by atoms with van der Waals surface area (Å²) in [4.78, 5) is 9.51. The molecule has 0 aliphatic carbocycles. The molecule has 0 bridgehead atoms. The number of phenols is 1. The van der Waals surface area contributed by atoms with Crippen molar-refractivity contribution in [3.05, 3.63) is 71.7 Å². The maximum absolute atomic E-state index is 10.6. The van der Waals surface area contributed by atoms with Gasteiger partial charge in [-0.3, -0.25) is 5.41 Å². The number of anilines is 1. The third-order valence-corrected chi connectivity index (χ3v) is 5.14. The van der Waals surface area contributed by atoms with Gasteiger partial charge in [-0.05, 0) is 36.8 Å². The topological polar surface area (TPSA) is 96.2 Å². The summed E-state index contributed by atoms with van der Waals surface area (Å²) >= 11 is 0. The Balaban J connectivity index is 1.60. The van der Waals surface area contributed by atoms with Crippen molar-refractivity contribution in [2.75, 3.05) is 11.4 Å². The molecule has 0 unspecified atom stereocenters. The van der Waals surface area contributed by atoms with Crippen LogP contribution in [0.25, 0.3) is 27.4 Å². The van der Waals surface area contributed by atoms with E-state index < -0.39 is 0 Å². The lowest BCUT2D eigenvalue weighted by atomic mass is 10.1. The molecule has 0 amide bonds. The van der Waals surface area contributed by atoms with Crippen molar-refractivity contribution in [1.29, 1.82) is 5.41 Å². The fourth-order valence-electron chi connectivity index (χ4n) is 3.79. The molecule has 0 saturated carbocycles. The van der Waals surface area contributed by atoms with Crippen LogP contribution in [0.3, 0.4) is 0 Å². The van der Waals surface area contributed by atoms with Crippen LogP contribution in [0.2, 0.25) is 0 Å². The minimum Gasteiger partial charge on any atom is -0.509 e. The number of fused-ring (bicyclic) bond motifs is 2. The Morgan fingerprint density at radius 3 is 2.68 bits per heavy atom. The number of nitrogens with one attached hydrogen (secondary N) is 2. The second-order valence-corrected chi connectivity index (χ2v) is 7.01. The average molecular weight is 370 g/mol. The third-order valence-electron chi connectivity index (χ3n) is 5.14. The molecule has 6 nitrogen and oxygen atoms in total. The lowest BCUT2D eigenvalue weighted by molar-refractivity contribution is 0.411. The number of H-pyrrole nitrogens is 1. The van der Waals surface area contributed by atoms with Crippen LogP contribution in [0, 0.1) is 12.3 Å². The van der Waals surface area contributed by atoms with Gasteiger partial charge in [0.1, 0.15) is 23.2 Å². The molecule has 1 aromatic heterocycles. The average Bonchev–Trinajstić information content (AvgIpc) is 3.21. The van der Waals surface area contributed by atoms with Crippen molar-refractivity contribution in [2.45, 2.75) is 6.92 Å². The highest BCUT2D eigenvalue weighted by atomic mass is 16.3. The number of aliphatic hydroxyl groups is 1. The van der Waals surface area contributed by atoms with Gasteiger partial charge in [0, 0.05) is 10.8 Å². The Labute approximate surface area is 160 Å². The number of aliphatic hydroxyl groups excluding tert-OH is 1. The van der Waals surface area contributed by atoms with Gasteiger partial charge in [-0.15, -0.1) is 0 Å². The van der Waals surface area contributed by atoms with Crippen molar-refractivity contribution in [1.82, 2.24) is 9.97 Å². The highest BCUT2D eigenvalue weighted by Gasteiger charge is 2.32. The van der Waals surface area contributed by atoms with Crippen LogP contribution in [-0.2, 0) is 0 Å². The largest absolute Gasteiger partial charge is 0.509 e. The first kappa shape index (κ1) is 16.4. The summed E-state index contributed by atoms with van der Waals surface area (Å²) in [6.07, 6.45) is 0. The monoisotopic (exact) mass is 370 g/mol. The van der Waals surface area contributed by atoms with Gasteiger partial charge in [0.2, 0.25) is 0 Å². The Morgan fingerprint density at radius 2 is 1.82 bits per heavy atom. The Kier molecular flexibility index (Phi) is 3.42. The number of imidazole rings is 1. The van der Waals surface area contributed by atoms with E-state index in [0.717, 1.165) is 27.7 Å². The van der Waals surface area contributed by atoms with E-state index in [4.69, 9.17) is 5.41 Å². The van der Waals surface area contributed by atoms with E-state index in [-0.39, 0.29) is 23.9 Å². The number of amidine groups is 1. The molecule has 6 heteroatoms. The zero-order valence-electron chi connectivity index (χ0n) is 15.2. The molecule has 2 heterocycles. The van der Waals surface area contributed by atoms with Gasteiger partial charge in [0.25, 0.3) is 0 Å². The van der Waals surface area contributed by atoms with E-state index in [1.165, 1.54) is 0 Å². The zero-order valence-corrected chi connectivity index (χ0v) is 15.2. The Bertz CT molecular complexity index is 1300. The molecule has 138 valence electrons. The van der Waals surface area contributed by atoms with Crippen molar-refractivity contribution in [2.24, 2.45) is 0 Å². The van der Waals surface area contributed by atoms with Crippen molar-refractivity contribution < 1.29 is 10.2 Å². The van der Waals surface area contributed by atoms with Crippen molar-refractivity contribution >= 4 is 38.9 Å². The van der Waals surface area contributed by atoms with Crippen LogP contribution in [0.1, 0.15) is 11.4 Å². The van der Waals surface area contributed by atoms with E-state index in [0.29, 0.717) is 16.8 Å². The molecule has 0 saturated heterocycles. The summed E-state index contributed by atoms with van der Waals surface area (Å²) in [5.41, 5.74) is 3.93. The van der Waals surface area contributed by atoms with Crippen molar-refractivity contribution in [3.8, 4) is 5.75 Å². The first-order valence-electron chi connectivity index (χ1n) is 8.99. The molecule has 3 aromatic carbocycles. The highest BCUT2D eigenvalue weighted by molar-refractivity contribution is 6.31. The first-order chi connectivity index (χ1) is 13.5. The predicted octanol–water partition coefficient (Wildman–Crippen LogP) is 4.50. The van der Waals surface area contributed by atoms with Crippen LogP contribution in [0.4, 0.5) is 5.69 Å². The number of benzene rings is 3. The van der Waals surface area contributed by atoms with Gasteiger partial charge in [0.15, 0.2) is 0 Å². The quantitative estimate of drug-likeness (QED) is 0.418. The molecule has 5 rings (SSSR count). The summed E-state index contributed by atoms with van der Waals surface area (Å²) < 4.78 is 0. The lowest BCUT2D eigenvalue weighted by Gasteiger charge is -2.21. The molecular weight excluding hydrogens is 352 g/mol. The fraction of sp³-hybridized carbons (Fsp3) is 0.0909. The number of hydrogen-bond donors (Lipinski definition) is 4. The fourth-order valence-corrected chi connectivity index (χ4v) is 3.79. The maximum atomic E-state index is 10.6. The SMILES string of the molecule is Cc1ccc2nc(C3=C(O)CN(c4cccc5c(O)cccc45)C3=N)[nH]c2c1. The van der Waals surface area contributed by atoms with Gasteiger partial charge >= 0.3 is 0 Å². The zero-order chi connectivity index (χ0) is 19.4. The Hall–Kier alpha value is -3.80. The van der Waals surface area contributed by atoms with E-state index >= 15 is 0 Å². The number of nitrogens with zero attached hydrogens (tertiary/aromatic N) is 2. The Morgan fingerprint density at radius 1 is 1.04 bits per heavy atom. The second kappa shape index (κ2) is 5.85. The summed E-state index contributed by atoms with van der Waals surface area (Å²) in [5, 5.41) is 31.0. The minimum atomic E-state index is 0.0953. The van der Waals surface area contributed by atoms with Crippen LogP contribution >= 0.6 is 0 Å². The molecule has 0 atom stereocenters. The van der Waals surface area contributed by atoms with E-state index in [9.17, 15) is 10.2 Å². The minimum absolute atomic E-state index is 0.0953.